The van der Waals surface area contributed by atoms with Crippen molar-refractivity contribution in [2.75, 3.05) is 24.7 Å². The minimum absolute atomic E-state index is 0.134. The van der Waals surface area contributed by atoms with E-state index >= 15 is 0 Å². The summed E-state index contributed by atoms with van der Waals surface area (Å²) in [7, 11) is 3.73. The number of nitrogens with two attached hydrogens (primary N) is 1. The maximum Gasteiger partial charge on any atom is 0.229 e. The highest BCUT2D eigenvalue weighted by Gasteiger charge is 2.21. The molecule has 0 aliphatic rings. The first-order chi connectivity index (χ1) is 15.3. The van der Waals surface area contributed by atoms with Crippen LogP contribution in [0, 0.1) is 6.92 Å². The van der Waals surface area contributed by atoms with E-state index in [9.17, 15) is 0 Å². The molecule has 0 radical (unpaired) electrons. The molecule has 4 rings (SSSR count). The first-order valence-corrected chi connectivity index (χ1v) is 11.2. The monoisotopic (exact) mass is 466 g/mol. The predicted molar refractivity (Wildman–Crippen MR) is 129 cm³/mol. The van der Waals surface area contributed by atoms with Crippen molar-refractivity contribution < 1.29 is 0 Å². The lowest BCUT2D eigenvalue weighted by Gasteiger charge is -2.15. The number of benzene rings is 2. The van der Waals surface area contributed by atoms with Crippen LogP contribution in [-0.2, 0) is 0 Å². The zero-order valence-corrected chi connectivity index (χ0v) is 19.8. The third-order valence-electron chi connectivity index (χ3n) is 4.73. The Hall–Kier alpha value is -3.17. The highest BCUT2D eigenvalue weighted by molar-refractivity contribution is 7.99. The summed E-state index contributed by atoms with van der Waals surface area (Å²) < 4.78 is 2.03. The quantitative estimate of drug-likeness (QED) is 0.412. The molecule has 8 nitrogen and oxygen atoms in total. The molecule has 32 heavy (non-hydrogen) atoms. The van der Waals surface area contributed by atoms with Gasteiger partial charge in [-0.05, 0) is 50.2 Å². The van der Waals surface area contributed by atoms with Gasteiger partial charge in [0.05, 0.1) is 5.25 Å². The molecule has 0 spiro atoms. The largest absolute Gasteiger partial charge is 0.368 e. The highest BCUT2D eigenvalue weighted by atomic mass is 35.5. The smallest absolute Gasteiger partial charge is 0.229 e. The summed E-state index contributed by atoms with van der Waals surface area (Å²) >= 11 is 7.59. The van der Waals surface area contributed by atoms with Gasteiger partial charge >= 0.3 is 0 Å². The maximum atomic E-state index is 6.08. The number of hydrogen-bond acceptors (Lipinski definition) is 8. The molecule has 0 bridgehead atoms. The minimum Gasteiger partial charge on any atom is -0.368 e. The summed E-state index contributed by atoms with van der Waals surface area (Å²) in [6, 6.07) is 15.8. The number of aryl methyl sites for hydroxylation is 1. The minimum atomic E-state index is -0.134. The van der Waals surface area contributed by atoms with Crippen molar-refractivity contribution in [3.8, 4) is 17.1 Å². The molecule has 0 saturated heterocycles. The Bertz CT molecular complexity index is 1220. The molecule has 0 aliphatic carbocycles. The normalized spacial score (nSPS) is 12.0. The van der Waals surface area contributed by atoms with Gasteiger partial charge in [0.2, 0.25) is 11.9 Å². The lowest BCUT2D eigenvalue weighted by atomic mass is 10.2. The standard InChI is InChI=1S/C22H23ClN8S/c1-13-5-11-17(12-6-13)31-19(15-7-9-16(23)10-8-15)28-29-22(31)32-14(2)18-25-20(24)27-21(26-18)30(3)4/h5-12,14H,1-4H3,(H2,24,25,26,27). The second-order valence-corrected chi connectivity index (χ2v) is 9.23. The summed E-state index contributed by atoms with van der Waals surface area (Å²) in [5.74, 6) is 2.01. The van der Waals surface area contributed by atoms with Crippen LogP contribution in [0.25, 0.3) is 17.1 Å². The molecule has 2 N–H and O–H groups in total. The SMILES string of the molecule is Cc1ccc(-n2c(SC(C)c3nc(N)nc(N(C)C)n3)nnc2-c2ccc(Cl)cc2)cc1. The van der Waals surface area contributed by atoms with Gasteiger partial charge in [-0.25, -0.2) is 0 Å². The Morgan fingerprint density at radius 3 is 2.31 bits per heavy atom. The number of aromatic nitrogens is 6. The van der Waals surface area contributed by atoms with Gasteiger partial charge in [-0.2, -0.15) is 15.0 Å². The molecule has 2 aromatic carbocycles. The van der Waals surface area contributed by atoms with Gasteiger partial charge < -0.3 is 10.6 Å². The van der Waals surface area contributed by atoms with Crippen molar-refractivity contribution >= 4 is 35.3 Å². The number of hydrogen-bond donors (Lipinski definition) is 1. The number of anilines is 2. The summed E-state index contributed by atoms with van der Waals surface area (Å²) in [5.41, 5.74) is 8.97. The van der Waals surface area contributed by atoms with Crippen LogP contribution in [0.5, 0.6) is 0 Å². The lowest BCUT2D eigenvalue weighted by Crippen LogP contribution is -2.16. The molecular formula is C22H23ClN8S. The average Bonchev–Trinajstić information content (AvgIpc) is 3.17. The van der Waals surface area contributed by atoms with Crippen molar-refractivity contribution in [2.24, 2.45) is 0 Å². The van der Waals surface area contributed by atoms with Crippen LogP contribution < -0.4 is 10.6 Å². The van der Waals surface area contributed by atoms with E-state index in [0.29, 0.717) is 16.8 Å². The van der Waals surface area contributed by atoms with Gasteiger partial charge in [-0.15, -0.1) is 10.2 Å². The van der Waals surface area contributed by atoms with Gasteiger partial charge in [0.1, 0.15) is 5.82 Å². The van der Waals surface area contributed by atoms with E-state index in [1.165, 1.54) is 17.3 Å². The molecule has 2 heterocycles. The Morgan fingerprint density at radius 2 is 1.66 bits per heavy atom. The predicted octanol–water partition coefficient (Wildman–Crippen LogP) is 4.58. The topological polar surface area (TPSA) is 98.6 Å². The highest BCUT2D eigenvalue weighted by Crippen LogP contribution is 2.36. The van der Waals surface area contributed by atoms with Crippen molar-refractivity contribution in [3.63, 3.8) is 0 Å². The molecule has 1 unspecified atom stereocenters. The van der Waals surface area contributed by atoms with Crippen LogP contribution in [0.15, 0.2) is 53.7 Å². The third-order valence-corrected chi connectivity index (χ3v) is 6.02. The van der Waals surface area contributed by atoms with Gasteiger partial charge in [-0.3, -0.25) is 4.57 Å². The number of thioether (sulfide) groups is 1. The number of rotatable bonds is 6. The second-order valence-electron chi connectivity index (χ2n) is 7.49. The van der Waals surface area contributed by atoms with Crippen LogP contribution in [0.2, 0.25) is 5.02 Å². The molecule has 0 fully saturated rings. The first-order valence-electron chi connectivity index (χ1n) is 9.95. The zero-order chi connectivity index (χ0) is 22.8. The Labute approximate surface area is 195 Å². The summed E-state index contributed by atoms with van der Waals surface area (Å²) in [4.78, 5) is 14.9. The molecule has 0 saturated carbocycles. The van der Waals surface area contributed by atoms with Crippen LogP contribution in [0.4, 0.5) is 11.9 Å². The second kappa shape index (κ2) is 9.13. The molecule has 4 aromatic rings. The molecule has 10 heteroatoms. The summed E-state index contributed by atoms with van der Waals surface area (Å²) in [5, 5.41) is 10.2. The summed E-state index contributed by atoms with van der Waals surface area (Å²) in [6.45, 7) is 4.07. The van der Waals surface area contributed by atoms with Gasteiger partial charge in [0.15, 0.2) is 11.0 Å². The maximum absolute atomic E-state index is 6.08. The van der Waals surface area contributed by atoms with Crippen molar-refractivity contribution in [2.45, 2.75) is 24.3 Å². The van der Waals surface area contributed by atoms with Crippen molar-refractivity contribution in [3.05, 3.63) is 64.9 Å². The molecule has 0 amide bonds. The van der Waals surface area contributed by atoms with E-state index in [0.717, 1.165) is 22.2 Å². The molecule has 2 aromatic heterocycles. The number of nitrogens with zero attached hydrogens (tertiary/aromatic N) is 7. The third kappa shape index (κ3) is 4.68. The van der Waals surface area contributed by atoms with Gasteiger partial charge in [0.25, 0.3) is 0 Å². The van der Waals surface area contributed by atoms with E-state index < -0.39 is 0 Å². The molecule has 0 aliphatic heterocycles. The van der Waals surface area contributed by atoms with E-state index in [-0.39, 0.29) is 11.2 Å². The van der Waals surface area contributed by atoms with Crippen molar-refractivity contribution in [1.82, 2.24) is 29.7 Å². The summed E-state index contributed by atoms with van der Waals surface area (Å²) in [6.07, 6.45) is 0. The molecule has 1 atom stereocenters. The Kier molecular flexibility index (Phi) is 6.29. The van der Waals surface area contributed by atoms with Gasteiger partial charge in [-0.1, -0.05) is 41.1 Å². The van der Waals surface area contributed by atoms with E-state index in [4.69, 9.17) is 17.3 Å². The van der Waals surface area contributed by atoms with Crippen LogP contribution in [-0.4, -0.2) is 43.8 Å². The van der Waals surface area contributed by atoms with E-state index in [1.807, 2.05) is 49.9 Å². The lowest BCUT2D eigenvalue weighted by molar-refractivity contribution is 0.843. The Balaban J connectivity index is 1.76. The average molecular weight is 467 g/mol. The van der Waals surface area contributed by atoms with Crippen LogP contribution in [0.3, 0.4) is 0 Å². The fourth-order valence-electron chi connectivity index (χ4n) is 3.05. The fraction of sp³-hybridized carbons (Fsp3) is 0.227. The zero-order valence-electron chi connectivity index (χ0n) is 18.2. The van der Waals surface area contributed by atoms with Gasteiger partial charge in [0, 0.05) is 30.4 Å². The van der Waals surface area contributed by atoms with E-state index in [2.05, 4.69) is 56.3 Å². The molecule has 164 valence electrons. The van der Waals surface area contributed by atoms with E-state index in [1.54, 1.807) is 4.90 Å². The molecular weight excluding hydrogens is 444 g/mol. The fourth-order valence-corrected chi connectivity index (χ4v) is 4.09. The first kappa shape index (κ1) is 22.0. The number of nitrogen functional groups attached to an aromatic ring is 1. The Morgan fingerprint density at radius 1 is 0.969 bits per heavy atom. The number of halogens is 1. The van der Waals surface area contributed by atoms with Crippen molar-refractivity contribution in [1.29, 1.82) is 0 Å². The van der Waals surface area contributed by atoms with Crippen LogP contribution in [0.1, 0.15) is 23.6 Å². The van der Waals surface area contributed by atoms with Crippen LogP contribution >= 0.6 is 23.4 Å².